The molecule has 0 radical (unpaired) electrons. The van der Waals surface area contributed by atoms with Crippen LogP contribution < -0.4 is 5.32 Å². The molecule has 0 spiro atoms. The standard InChI is InChI=1S/C16H35N/c1-13(2)10-9-11-14(15(3,4)5)12-17-16(6,7)8/h13-14,17H,9-12H2,1-8H3. The highest BCUT2D eigenvalue weighted by atomic mass is 14.9. The van der Waals surface area contributed by atoms with Crippen molar-refractivity contribution in [3.8, 4) is 0 Å². The third-order valence-electron chi connectivity index (χ3n) is 3.44. The van der Waals surface area contributed by atoms with E-state index in [1.54, 1.807) is 0 Å². The van der Waals surface area contributed by atoms with Crippen LogP contribution in [-0.4, -0.2) is 12.1 Å². The molecule has 1 nitrogen and oxygen atoms in total. The van der Waals surface area contributed by atoms with E-state index in [1.807, 2.05) is 0 Å². The minimum absolute atomic E-state index is 0.238. The van der Waals surface area contributed by atoms with E-state index in [1.165, 1.54) is 19.3 Å². The zero-order valence-corrected chi connectivity index (χ0v) is 13.5. The lowest BCUT2D eigenvalue weighted by atomic mass is 9.77. The Bertz CT molecular complexity index is 193. The number of nitrogens with one attached hydrogen (secondary N) is 1. The van der Waals surface area contributed by atoms with Gasteiger partial charge in [0.1, 0.15) is 0 Å². The van der Waals surface area contributed by atoms with Gasteiger partial charge >= 0.3 is 0 Å². The van der Waals surface area contributed by atoms with Crippen molar-refractivity contribution < 1.29 is 0 Å². The van der Waals surface area contributed by atoms with Crippen LogP contribution in [0.2, 0.25) is 0 Å². The van der Waals surface area contributed by atoms with Gasteiger partial charge in [0.15, 0.2) is 0 Å². The molecule has 17 heavy (non-hydrogen) atoms. The van der Waals surface area contributed by atoms with Crippen molar-refractivity contribution in [2.75, 3.05) is 6.54 Å². The molecular weight excluding hydrogens is 206 g/mol. The molecule has 0 aliphatic carbocycles. The molecule has 1 heteroatoms. The van der Waals surface area contributed by atoms with E-state index in [-0.39, 0.29) is 5.54 Å². The van der Waals surface area contributed by atoms with Crippen molar-refractivity contribution in [2.45, 2.75) is 80.2 Å². The van der Waals surface area contributed by atoms with Crippen molar-refractivity contribution >= 4 is 0 Å². The maximum Gasteiger partial charge on any atom is 0.00966 e. The average molecular weight is 241 g/mol. The molecule has 104 valence electrons. The predicted octanol–water partition coefficient (Wildman–Crippen LogP) is 4.86. The SMILES string of the molecule is CC(C)CCCC(CNC(C)(C)C)C(C)(C)C. The fourth-order valence-corrected chi connectivity index (χ4v) is 2.04. The van der Waals surface area contributed by atoms with E-state index in [9.17, 15) is 0 Å². The first-order valence-electron chi connectivity index (χ1n) is 7.27. The van der Waals surface area contributed by atoms with Crippen molar-refractivity contribution in [1.29, 1.82) is 0 Å². The molecule has 1 N–H and O–H groups in total. The Balaban J connectivity index is 4.17. The first-order chi connectivity index (χ1) is 7.52. The molecule has 0 aliphatic heterocycles. The van der Waals surface area contributed by atoms with Crippen molar-refractivity contribution in [2.24, 2.45) is 17.3 Å². The summed E-state index contributed by atoms with van der Waals surface area (Å²) < 4.78 is 0. The molecule has 0 aromatic carbocycles. The highest BCUT2D eigenvalue weighted by molar-refractivity contribution is 4.80. The zero-order chi connectivity index (χ0) is 13.7. The quantitative estimate of drug-likeness (QED) is 0.700. The van der Waals surface area contributed by atoms with E-state index in [4.69, 9.17) is 0 Å². The summed E-state index contributed by atoms with van der Waals surface area (Å²) in [5, 5.41) is 3.67. The van der Waals surface area contributed by atoms with Crippen LogP contribution in [-0.2, 0) is 0 Å². The van der Waals surface area contributed by atoms with E-state index in [0.717, 1.165) is 18.4 Å². The lowest BCUT2D eigenvalue weighted by Crippen LogP contribution is -2.42. The lowest BCUT2D eigenvalue weighted by molar-refractivity contribution is 0.197. The molecule has 0 bridgehead atoms. The van der Waals surface area contributed by atoms with Crippen LogP contribution in [0.25, 0.3) is 0 Å². The molecule has 1 unspecified atom stereocenters. The third kappa shape index (κ3) is 9.64. The highest BCUT2D eigenvalue weighted by Gasteiger charge is 2.25. The zero-order valence-electron chi connectivity index (χ0n) is 13.5. The summed E-state index contributed by atoms with van der Waals surface area (Å²) >= 11 is 0. The monoisotopic (exact) mass is 241 g/mol. The lowest BCUT2D eigenvalue weighted by Gasteiger charge is -2.34. The second-order valence-electron chi connectivity index (χ2n) is 8.02. The minimum atomic E-state index is 0.238. The van der Waals surface area contributed by atoms with Crippen LogP contribution >= 0.6 is 0 Å². The predicted molar refractivity (Wildman–Crippen MR) is 79.4 cm³/mol. The van der Waals surface area contributed by atoms with Gasteiger partial charge in [-0.3, -0.25) is 0 Å². The summed E-state index contributed by atoms with van der Waals surface area (Å²) in [6.07, 6.45) is 4.08. The fraction of sp³-hybridized carbons (Fsp3) is 1.00. The average Bonchev–Trinajstić information content (AvgIpc) is 2.06. The largest absolute Gasteiger partial charge is 0.312 e. The van der Waals surface area contributed by atoms with Gasteiger partial charge in [0.05, 0.1) is 0 Å². The fourth-order valence-electron chi connectivity index (χ4n) is 2.04. The van der Waals surface area contributed by atoms with Gasteiger partial charge in [-0.15, -0.1) is 0 Å². The van der Waals surface area contributed by atoms with E-state index in [0.29, 0.717) is 5.41 Å². The van der Waals surface area contributed by atoms with Gasteiger partial charge in [-0.25, -0.2) is 0 Å². The molecule has 0 aromatic rings. The molecule has 0 saturated carbocycles. The summed E-state index contributed by atoms with van der Waals surface area (Å²) in [4.78, 5) is 0. The minimum Gasteiger partial charge on any atom is -0.312 e. The summed E-state index contributed by atoms with van der Waals surface area (Å²) in [5.41, 5.74) is 0.650. The smallest absolute Gasteiger partial charge is 0.00966 e. The molecule has 0 saturated heterocycles. The van der Waals surface area contributed by atoms with Crippen LogP contribution in [0.1, 0.15) is 74.7 Å². The number of hydrogen-bond acceptors (Lipinski definition) is 1. The Labute approximate surface area is 110 Å². The maximum absolute atomic E-state index is 3.67. The number of rotatable bonds is 6. The molecule has 1 atom stereocenters. The summed E-state index contributed by atoms with van der Waals surface area (Å²) in [5.74, 6) is 1.62. The number of hydrogen-bond donors (Lipinski definition) is 1. The van der Waals surface area contributed by atoms with Crippen LogP contribution in [0.5, 0.6) is 0 Å². The molecule has 0 amide bonds. The van der Waals surface area contributed by atoms with Crippen LogP contribution in [0.3, 0.4) is 0 Å². The van der Waals surface area contributed by atoms with E-state index in [2.05, 4.69) is 60.7 Å². The Hall–Kier alpha value is -0.0400. The van der Waals surface area contributed by atoms with Crippen LogP contribution in [0.4, 0.5) is 0 Å². The van der Waals surface area contributed by atoms with Gasteiger partial charge in [-0.1, -0.05) is 47.5 Å². The van der Waals surface area contributed by atoms with Gasteiger partial charge in [-0.05, 0) is 51.0 Å². The van der Waals surface area contributed by atoms with Gasteiger partial charge in [0.2, 0.25) is 0 Å². The van der Waals surface area contributed by atoms with E-state index < -0.39 is 0 Å². The Morgan fingerprint density at radius 2 is 1.41 bits per heavy atom. The molecular formula is C16H35N. The van der Waals surface area contributed by atoms with Crippen LogP contribution in [0.15, 0.2) is 0 Å². The van der Waals surface area contributed by atoms with Crippen molar-refractivity contribution in [3.63, 3.8) is 0 Å². The van der Waals surface area contributed by atoms with E-state index >= 15 is 0 Å². The van der Waals surface area contributed by atoms with Gasteiger partial charge < -0.3 is 5.32 Å². The van der Waals surface area contributed by atoms with Crippen LogP contribution in [0, 0.1) is 17.3 Å². The molecule has 0 fully saturated rings. The van der Waals surface area contributed by atoms with Gasteiger partial charge in [0.25, 0.3) is 0 Å². The van der Waals surface area contributed by atoms with Crippen molar-refractivity contribution in [3.05, 3.63) is 0 Å². The third-order valence-corrected chi connectivity index (χ3v) is 3.44. The molecule has 0 aliphatic rings. The molecule has 0 aromatic heterocycles. The Morgan fingerprint density at radius 3 is 1.76 bits per heavy atom. The van der Waals surface area contributed by atoms with Gasteiger partial charge in [-0.2, -0.15) is 0 Å². The maximum atomic E-state index is 3.67. The van der Waals surface area contributed by atoms with Gasteiger partial charge in [0, 0.05) is 5.54 Å². The first kappa shape index (κ1) is 17.0. The Morgan fingerprint density at radius 1 is 0.882 bits per heavy atom. The summed E-state index contributed by atoms with van der Waals surface area (Å²) in [6.45, 7) is 19.7. The Kier molecular flexibility index (Phi) is 6.76. The van der Waals surface area contributed by atoms with Crippen molar-refractivity contribution in [1.82, 2.24) is 5.32 Å². The normalized spacial score (nSPS) is 15.4. The topological polar surface area (TPSA) is 12.0 Å². The molecule has 0 heterocycles. The second-order valence-corrected chi connectivity index (χ2v) is 8.02. The molecule has 0 rings (SSSR count). The second kappa shape index (κ2) is 6.78. The summed E-state index contributed by atoms with van der Waals surface area (Å²) in [7, 11) is 0. The first-order valence-corrected chi connectivity index (χ1v) is 7.27. The highest BCUT2D eigenvalue weighted by Crippen LogP contribution is 2.30. The summed E-state index contributed by atoms with van der Waals surface area (Å²) in [6, 6.07) is 0.